The summed E-state index contributed by atoms with van der Waals surface area (Å²) in [7, 11) is 2.00. The van der Waals surface area contributed by atoms with E-state index in [1.165, 1.54) is 5.69 Å². The van der Waals surface area contributed by atoms with Gasteiger partial charge in [0.05, 0.1) is 11.9 Å². The van der Waals surface area contributed by atoms with Crippen molar-refractivity contribution in [2.75, 3.05) is 7.05 Å². The molecule has 4 nitrogen and oxygen atoms in total. The summed E-state index contributed by atoms with van der Waals surface area (Å²) >= 11 is 0. The fraction of sp³-hybridized carbons (Fsp3) is 0.833. The van der Waals surface area contributed by atoms with Gasteiger partial charge in [0.25, 0.3) is 0 Å². The summed E-state index contributed by atoms with van der Waals surface area (Å²) in [5.41, 5.74) is 1.35. The van der Waals surface area contributed by atoms with Crippen molar-refractivity contribution >= 4 is 0 Å². The fourth-order valence-corrected chi connectivity index (χ4v) is 2.13. The molecule has 4 heteroatoms. The maximum absolute atomic E-state index is 4.15. The molecular weight excluding hydrogens is 200 g/mol. The Bertz CT molecular complexity index is 317. The Morgan fingerprint density at radius 3 is 2.75 bits per heavy atom. The molecule has 0 aliphatic rings. The van der Waals surface area contributed by atoms with E-state index >= 15 is 0 Å². The molecule has 0 saturated heterocycles. The van der Waals surface area contributed by atoms with Gasteiger partial charge < -0.3 is 5.32 Å². The first-order valence-electron chi connectivity index (χ1n) is 6.07. The van der Waals surface area contributed by atoms with E-state index in [1.807, 2.05) is 17.9 Å². The third-order valence-electron chi connectivity index (χ3n) is 3.06. The zero-order valence-electron chi connectivity index (χ0n) is 11.1. The molecule has 0 aliphatic heterocycles. The molecule has 1 aromatic heterocycles. The lowest BCUT2D eigenvalue weighted by atomic mass is 9.83. The monoisotopic (exact) mass is 224 g/mol. The molecule has 0 spiro atoms. The largest absolute Gasteiger partial charge is 0.317 e. The van der Waals surface area contributed by atoms with E-state index < -0.39 is 0 Å². The molecule has 1 N–H and O–H groups in total. The molecule has 0 radical (unpaired) electrons. The van der Waals surface area contributed by atoms with E-state index in [9.17, 15) is 0 Å². The Morgan fingerprint density at radius 2 is 2.19 bits per heavy atom. The van der Waals surface area contributed by atoms with E-state index in [2.05, 4.69) is 43.3 Å². The van der Waals surface area contributed by atoms with Crippen molar-refractivity contribution in [2.45, 2.75) is 58.5 Å². The minimum atomic E-state index is 0.112. The lowest BCUT2D eigenvalue weighted by Gasteiger charge is -2.28. The van der Waals surface area contributed by atoms with Crippen LogP contribution in [-0.4, -0.2) is 28.1 Å². The number of hydrogen-bond donors (Lipinski definition) is 1. The molecule has 0 amide bonds. The third kappa shape index (κ3) is 3.04. The lowest BCUT2D eigenvalue weighted by molar-refractivity contribution is 0.372. The first-order chi connectivity index (χ1) is 7.51. The van der Waals surface area contributed by atoms with Crippen LogP contribution in [0.2, 0.25) is 0 Å². The maximum atomic E-state index is 4.15. The predicted octanol–water partition coefficient (Wildman–Crippen LogP) is 1.96. The Balaban J connectivity index is 2.83. The highest BCUT2D eigenvalue weighted by atomic mass is 15.4. The highest BCUT2D eigenvalue weighted by Gasteiger charge is 2.26. The Morgan fingerprint density at radius 1 is 1.50 bits per heavy atom. The standard InChI is InChI=1S/C12H24N4/c1-6-7-16-11(9-14-15-16)12(3,4)8-10(2)13-5/h9-10,13H,6-8H2,1-5H3. The minimum absolute atomic E-state index is 0.112. The van der Waals surface area contributed by atoms with Crippen LogP contribution in [0.25, 0.3) is 0 Å². The van der Waals surface area contributed by atoms with Crippen molar-refractivity contribution in [1.29, 1.82) is 0 Å². The highest BCUT2D eigenvalue weighted by molar-refractivity contribution is 5.10. The Kier molecular flexibility index (Phi) is 4.47. The van der Waals surface area contributed by atoms with Crippen LogP contribution in [0, 0.1) is 0 Å². The second-order valence-electron chi connectivity index (χ2n) is 5.12. The van der Waals surface area contributed by atoms with Crippen LogP contribution >= 0.6 is 0 Å². The van der Waals surface area contributed by atoms with Gasteiger partial charge in [0, 0.05) is 18.0 Å². The summed E-state index contributed by atoms with van der Waals surface area (Å²) in [5, 5.41) is 11.5. The molecule has 0 bridgehead atoms. The van der Waals surface area contributed by atoms with E-state index in [0.717, 1.165) is 19.4 Å². The van der Waals surface area contributed by atoms with Crippen molar-refractivity contribution in [3.63, 3.8) is 0 Å². The number of aryl methyl sites for hydroxylation is 1. The van der Waals surface area contributed by atoms with E-state index in [4.69, 9.17) is 0 Å². The summed E-state index contributed by atoms with van der Waals surface area (Å²) in [4.78, 5) is 0. The molecule has 0 aliphatic carbocycles. The van der Waals surface area contributed by atoms with Gasteiger partial charge in [-0.1, -0.05) is 26.0 Å². The average Bonchev–Trinajstić information content (AvgIpc) is 2.66. The molecular formula is C12H24N4. The molecule has 1 aromatic rings. The van der Waals surface area contributed by atoms with Crippen molar-refractivity contribution in [1.82, 2.24) is 20.3 Å². The van der Waals surface area contributed by atoms with E-state index in [-0.39, 0.29) is 5.41 Å². The SMILES string of the molecule is CCCn1nncc1C(C)(C)CC(C)NC. The Labute approximate surface area is 98.4 Å². The van der Waals surface area contributed by atoms with Gasteiger partial charge in [0.2, 0.25) is 0 Å². The minimum Gasteiger partial charge on any atom is -0.317 e. The average molecular weight is 224 g/mol. The normalized spacial score (nSPS) is 14.1. The quantitative estimate of drug-likeness (QED) is 0.803. The summed E-state index contributed by atoms with van der Waals surface area (Å²) in [6.45, 7) is 9.83. The summed E-state index contributed by atoms with van der Waals surface area (Å²) in [6.07, 6.45) is 4.08. The fourth-order valence-electron chi connectivity index (χ4n) is 2.13. The van der Waals surface area contributed by atoms with Gasteiger partial charge in [-0.05, 0) is 26.8 Å². The van der Waals surface area contributed by atoms with Crippen molar-refractivity contribution < 1.29 is 0 Å². The molecule has 16 heavy (non-hydrogen) atoms. The van der Waals surface area contributed by atoms with Crippen molar-refractivity contribution in [2.24, 2.45) is 0 Å². The smallest absolute Gasteiger partial charge is 0.0730 e. The Hall–Kier alpha value is -0.900. The molecule has 1 unspecified atom stereocenters. The third-order valence-corrected chi connectivity index (χ3v) is 3.06. The van der Waals surface area contributed by atoms with E-state index in [0.29, 0.717) is 6.04 Å². The zero-order valence-corrected chi connectivity index (χ0v) is 11.1. The number of rotatable bonds is 6. The van der Waals surface area contributed by atoms with Crippen LogP contribution in [0.3, 0.4) is 0 Å². The molecule has 1 heterocycles. The van der Waals surface area contributed by atoms with Gasteiger partial charge >= 0.3 is 0 Å². The predicted molar refractivity (Wildman–Crippen MR) is 66.5 cm³/mol. The molecule has 1 atom stereocenters. The van der Waals surface area contributed by atoms with Crippen LogP contribution in [0.4, 0.5) is 0 Å². The number of hydrogen-bond acceptors (Lipinski definition) is 3. The first-order valence-corrected chi connectivity index (χ1v) is 6.07. The maximum Gasteiger partial charge on any atom is 0.0730 e. The van der Waals surface area contributed by atoms with Gasteiger partial charge in [0.15, 0.2) is 0 Å². The number of nitrogens with one attached hydrogen (secondary N) is 1. The van der Waals surface area contributed by atoms with Gasteiger partial charge in [-0.15, -0.1) is 5.10 Å². The summed E-state index contributed by atoms with van der Waals surface area (Å²) < 4.78 is 2.03. The van der Waals surface area contributed by atoms with Gasteiger partial charge in [-0.3, -0.25) is 0 Å². The lowest BCUT2D eigenvalue weighted by Crippen LogP contribution is -2.32. The van der Waals surface area contributed by atoms with Crippen LogP contribution in [-0.2, 0) is 12.0 Å². The highest BCUT2D eigenvalue weighted by Crippen LogP contribution is 2.27. The topological polar surface area (TPSA) is 42.7 Å². The van der Waals surface area contributed by atoms with Crippen LogP contribution in [0.15, 0.2) is 6.20 Å². The second kappa shape index (κ2) is 5.43. The van der Waals surface area contributed by atoms with Crippen molar-refractivity contribution in [3.8, 4) is 0 Å². The molecule has 1 rings (SSSR count). The summed E-state index contributed by atoms with van der Waals surface area (Å²) in [5.74, 6) is 0. The first kappa shape index (κ1) is 13.2. The number of aromatic nitrogens is 3. The summed E-state index contributed by atoms with van der Waals surface area (Å²) in [6, 6.07) is 0.500. The molecule has 0 saturated carbocycles. The molecule has 0 aromatic carbocycles. The second-order valence-corrected chi connectivity index (χ2v) is 5.12. The van der Waals surface area contributed by atoms with Gasteiger partial charge in [0.1, 0.15) is 0 Å². The van der Waals surface area contributed by atoms with Crippen LogP contribution < -0.4 is 5.32 Å². The molecule has 0 fully saturated rings. The number of nitrogens with zero attached hydrogens (tertiary/aromatic N) is 3. The van der Waals surface area contributed by atoms with Gasteiger partial charge in [-0.25, -0.2) is 4.68 Å². The zero-order chi connectivity index (χ0) is 12.2. The van der Waals surface area contributed by atoms with Crippen molar-refractivity contribution in [3.05, 3.63) is 11.9 Å². The van der Waals surface area contributed by atoms with Gasteiger partial charge in [-0.2, -0.15) is 0 Å². The van der Waals surface area contributed by atoms with Crippen LogP contribution in [0.5, 0.6) is 0 Å². The van der Waals surface area contributed by atoms with Crippen LogP contribution in [0.1, 0.15) is 46.2 Å². The molecule has 92 valence electrons. The van der Waals surface area contributed by atoms with E-state index in [1.54, 1.807) is 0 Å².